The largest absolute Gasteiger partial charge is 0.495 e. The van der Waals surface area contributed by atoms with Crippen LogP contribution in [0.2, 0.25) is 5.02 Å². The number of rotatable bonds is 3. The Morgan fingerprint density at radius 2 is 2.16 bits per heavy atom. The number of hydrogen-bond donors (Lipinski definition) is 1. The van der Waals surface area contributed by atoms with E-state index in [4.69, 9.17) is 16.3 Å². The van der Waals surface area contributed by atoms with Crippen LogP contribution in [0.15, 0.2) is 18.2 Å². The van der Waals surface area contributed by atoms with Crippen LogP contribution in [-0.4, -0.2) is 32.3 Å². The number of halogens is 1. The highest BCUT2D eigenvalue weighted by atomic mass is 35.5. The molecule has 0 bridgehead atoms. The van der Waals surface area contributed by atoms with Gasteiger partial charge < -0.3 is 15.0 Å². The summed E-state index contributed by atoms with van der Waals surface area (Å²) < 4.78 is 5.32. The van der Waals surface area contributed by atoms with Gasteiger partial charge in [-0.2, -0.15) is 0 Å². The molecule has 1 saturated heterocycles. The van der Waals surface area contributed by atoms with Crippen molar-refractivity contribution < 1.29 is 4.74 Å². The lowest BCUT2D eigenvalue weighted by molar-refractivity contribution is 0.348. The molecular weight excluding hydrogens is 260 g/mol. The van der Waals surface area contributed by atoms with Crippen LogP contribution >= 0.6 is 11.6 Å². The zero-order chi connectivity index (χ0) is 14.0. The third kappa shape index (κ3) is 3.15. The third-order valence-corrected chi connectivity index (χ3v) is 4.09. The molecule has 0 aromatic heterocycles. The van der Waals surface area contributed by atoms with Crippen molar-refractivity contribution in [3.05, 3.63) is 23.2 Å². The van der Waals surface area contributed by atoms with Crippen LogP contribution in [0.4, 0.5) is 5.69 Å². The van der Waals surface area contributed by atoms with Crippen LogP contribution in [0.1, 0.15) is 20.8 Å². The molecule has 0 amide bonds. The SMILES string of the molecule is COc1cc(N2CC(C)NCC2C(C)C)ccc1Cl. The predicted molar refractivity (Wildman–Crippen MR) is 81.4 cm³/mol. The average molecular weight is 283 g/mol. The molecule has 0 spiro atoms. The van der Waals surface area contributed by atoms with Gasteiger partial charge in [-0.3, -0.25) is 0 Å². The lowest BCUT2D eigenvalue weighted by atomic mass is 9.98. The molecule has 0 saturated carbocycles. The van der Waals surface area contributed by atoms with Crippen LogP contribution in [0.25, 0.3) is 0 Å². The summed E-state index contributed by atoms with van der Waals surface area (Å²) in [6.07, 6.45) is 0. The first-order chi connectivity index (χ1) is 9.02. The van der Waals surface area contributed by atoms with Gasteiger partial charge in [-0.05, 0) is 25.0 Å². The molecule has 0 aliphatic carbocycles. The molecule has 1 aliphatic rings. The van der Waals surface area contributed by atoms with Gasteiger partial charge >= 0.3 is 0 Å². The van der Waals surface area contributed by atoms with Gasteiger partial charge in [-0.1, -0.05) is 25.4 Å². The number of methoxy groups -OCH3 is 1. The minimum atomic E-state index is 0.497. The lowest BCUT2D eigenvalue weighted by Crippen LogP contribution is -2.57. The molecule has 1 heterocycles. The molecule has 0 radical (unpaired) electrons. The maximum absolute atomic E-state index is 6.11. The Morgan fingerprint density at radius 1 is 1.42 bits per heavy atom. The van der Waals surface area contributed by atoms with E-state index in [-0.39, 0.29) is 0 Å². The first-order valence-electron chi connectivity index (χ1n) is 6.86. The van der Waals surface area contributed by atoms with Gasteiger partial charge in [-0.25, -0.2) is 0 Å². The lowest BCUT2D eigenvalue weighted by Gasteiger charge is -2.43. The van der Waals surface area contributed by atoms with E-state index in [0.29, 0.717) is 23.0 Å². The van der Waals surface area contributed by atoms with E-state index in [2.05, 4.69) is 37.1 Å². The molecule has 1 N–H and O–H groups in total. The molecule has 2 atom stereocenters. The molecule has 106 valence electrons. The van der Waals surface area contributed by atoms with Gasteiger partial charge in [0.25, 0.3) is 0 Å². The topological polar surface area (TPSA) is 24.5 Å². The summed E-state index contributed by atoms with van der Waals surface area (Å²) in [6, 6.07) is 7.03. The third-order valence-electron chi connectivity index (χ3n) is 3.78. The molecule has 1 aromatic carbocycles. The van der Waals surface area contributed by atoms with Crippen LogP contribution in [0.3, 0.4) is 0 Å². The van der Waals surface area contributed by atoms with Crippen LogP contribution in [-0.2, 0) is 0 Å². The fourth-order valence-electron chi connectivity index (χ4n) is 2.65. The van der Waals surface area contributed by atoms with Crippen molar-refractivity contribution in [2.45, 2.75) is 32.9 Å². The smallest absolute Gasteiger partial charge is 0.139 e. The van der Waals surface area contributed by atoms with Crippen molar-refractivity contribution in [1.82, 2.24) is 5.32 Å². The fraction of sp³-hybridized carbons (Fsp3) is 0.600. The average Bonchev–Trinajstić information content (AvgIpc) is 2.38. The first-order valence-corrected chi connectivity index (χ1v) is 7.24. The standard InChI is InChI=1S/C15H23ClN2O/c1-10(2)14-8-17-11(3)9-18(14)12-5-6-13(16)15(7-12)19-4/h5-7,10-11,14,17H,8-9H2,1-4H3. The van der Waals surface area contributed by atoms with E-state index in [1.807, 2.05) is 12.1 Å². The Hall–Kier alpha value is -0.930. The van der Waals surface area contributed by atoms with Gasteiger partial charge in [0.2, 0.25) is 0 Å². The second kappa shape index (κ2) is 6.02. The Morgan fingerprint density at radius 3 is 2.79 bits per heavy atom. The Balaban J connectivity index is 2.30. The molecule has 3 nitrogen and oxygen atoms in total. The monoisotopic (exact) mass is 282 g/mol. The van der Waals surface area contributed by atoms with E-state index < -0.39 is 0 Å². The highest BCUT2D eigenvalue weighted by Gasteiger charge is 2.28. The maximum Gasteiger partial charge on any atom is 0.139 e. The van der Waals surface area contributed by atoms with Crippen molar-refractivity contribution >= 4 is 17.3 Å². The Labute approximate surface area is 120 Å². The predicted octanol–water partition coefficient (Wildman–Crippen LogP) is 3.17. The number of piperazine rings is 1. The van der Waals surface area contributed by atoms with Crippen molar-refractivity contribution in [3.63, 3.8) is 0 Å². The quantitative estimate of drug-likeness (QED) is 0.922. The van der Waals surface area contributed by atoms with Crippen molar-refractivity contribution in [1.29, 1.82) is 0 Å². The van der Waals surface area contributed by atoms with Gasteiger partial charge in [0.1, 0.15) is 5.75 Å². The van der Waals surface area contributed by atoms with E-state index in [1.165, 1.54) is 5.69 Å². The molecule has 4 heteroatoms. The molecule has 19 heavy (non-hydrogen) atoms. The van der Waals surface area contributed by atoms with Crippen molar-refractivity contribution in [2.24, 2.45) is 5.92 Å². The Kier molecular flexibility index (Phi) is 4.58. The van der Waals surface area contributed by atoms with Gasteiger partial charge in [0, 0.05) is 36.9 Å². The van der Waals surface area contributed by atoms with Gasteiger partial charge in [-0.15, -0.1) is 0 Å². The van der Waals surface area contributed by atoms with E-state index in [1.54, 1.807) is 7.11 Å². The molecule has 1 aromatic rings. The summed E-state index contributed by atoms with van der Waals surface area (Å²) in [7, 11) is 1.66. The normalized spacial score (nSPS) is 23.8. The number of ether oxygens (including phenoxy) is 1. The van der Waals surface area contributed by atoms with Gasteiger partial charge in [0.15, 0.2) is 0 Å². The van der Waals surface area contributed by atoms with E-state index in [9.17, 15) is 0 Å². The summed E-state index contributed by atoms with van der Waals surface area (Å²) >= 11 is 6.11. The summed E-state index contributed by atoms with van der Waals surface area (Å²) in [5.74, 6) is 1.34. The minimum Gasteiger partial charge on any atom is -0.495 e. The molecule has 2 unspecified atom stereocenters. The fourth-order valence-corrected chi connectivity index (χ4v) is 2.84. The Bertz CT molecular complexity index is 436. The number of anilines is 1. The summed E-state index contributed by atoms with van der Waals surface area (Å²) in [4.78, 5) is 2.46. The molecule has 1 aliphatic heterocycles. The summed E-state index contributed by atoms with van der Waals surface area (Å²) in [5, 5.41) is 4.22. The molecule has 1 fully saturated rings. The summed E-state index contributed by atoms with van der Waals surface area (Å²) in [5.41, 5.74) is 1.19. The molecule has 2 rings (SSSR count). The van der Waals surface area contributed by atoms with E-state index >= 15 is 0 Å². The second-order valence-electron chi connectivity index (χ2n) is 5.59. The molecular formula is C15H23ClN2O. The first kappa shape index (κ1) is 14.5. The number of benzene rings is 1. The number of nitrogens with zero attached hydrogens (tertiary/aromatic N) is 1. The maximum atomic E-state index is 6.11. The highest BCUT2D eigenvalue weighted by molar-refractivity contribution is 6.32. The van der Waals surface area contributed by atoms with Crippen LogP contribution in [0, 0.1) is 5.92 Å². The van der Waals surface area contributed by atoms with Crippen LogP contribution in [0.5, 0.6) is 5.75 Å². The zero-order valence-electron chi connectivity index (χ0n) is 12.1. The van der Waals surface area contributed by atoms with Crippen LogP contribution < -0.4 is 15.0 Å². The number of hydrogen-bond acceptors (Lipinski definition) is 3. The summed E-state index contributed by atoms with van der Waals surface area (Å²) in [6.45, 7) is 8.78. The van der Waals surface area contributed by atoms with E-state index in [0.717, 1.165) is 18.8 Å². The second-order valence-corrected chi connectivity index (χ2v) is 6.00. The number of nitrogens with one attached hydrogen (secondary N) is 1. The minimum absolute atomic E-state index is 0.497. The van der Waals surface area contributed by atoms with Crippen molar-refractivity contribution in [2.75, 3.05) is 25.1 Å². The van der Waals surface area contributed by atoms with Gasteiger partial charge in [0.05, 0.1) is 12.1 Å². The van der Waals surface area contributed by atoms with Crippen molar-refractivity contribution in [3.8, 4) is 5.75 Å². The zero-order valence-corrected chi connectivity index (χ0v) is 12.9. The highest BCUT2D eigenvalue weighted by Crippen LogP contribution is 2.32.